The van der Waals surface area contributed by atoms with Crippen LogP contribution in [-0.2, 0) is 17.6 Å². The van der Waals surface area contributed by atoms with Gasteiger partial charge in [-0.05, 0) is 36.8 Å². The van der Waals surface area contributed by atoms with Gasteiger partial charge in [0.1, 0.15) is 0 Å². The second-order valence-corrected chi connectivity index (χ2v) is 6.13. The number of aryl methyl sites for hydroxylation is 1. The van der Waals surface area contributed by atoms with Gasteiger partial charge < -0.3 is 5.32 Å². The van der Waals surface area contributed by atoms with Crippen LogP contribution < -0.4 is 5.32 Å². The fourth-order valence-electron chi connectivity index (χ4n) is 2.66. The third-order valence-corrected chi connectivity index (χ3v) is 5.32. The molecule has 0 spiro atoms. The Balaban J connectivity index is 2.05. The quantitative estimate of drug-likeness (QED) is 0.828. The zero-order chi connectivity index (χ0) is 14.6. The maximum atomic E-state index is 12.5. The minimum absolute atomic E-state index is 0.0299. The zero-order valence-electron chi connectivity index (χ0n) is 11.8. The van der Waals surface area contributed by atoms with Gasteiger partial charge in [0.25, 0.3) is 0 Å². The number of amides is 1. The summed E-state index contributed by atoms with van der Waals surface area (Å²) in [6, 6.07) is 8.36. The van der Waals surface area contributed by atoms with Gasteiger partial charge in [-0.1, -0.05) is 31.2 Å². The minimum Gasteiger partial charge on any atom is -0.348 e. The molecule has 4 heteroatoms. The van der Waals surface area contributed by atoms with E-state index in [1.54, 1.807) is 0 Å². The lowest BCUT2D eigenvalue weighted by atomic mass is 9.83. The first-order valence-electron chi connectivity index (χ1n) is 7.15. The number of fused-ring (bicyclic) bond motifs is 1. The van der Waals surface area contributed by atoms with E-state index >= 15 is 0 Å². The van der Waals surface area contributed by atoms with Gasteiger partial charge >= 0.3 is 0 Å². The number of alkyl halides is 2. The molecular formula is C16H21Cl2NO. The van der Waals surface area contributed by atoms with E-state index in [1.807, 2.05) is 13.0 Å². The summed E-state index contributed by atoms with van der Waals surface area (Å²) in [5.41, 5.74) is 2.18. The lowest BCUT2D eigenvalue weighted by Gasteiger charge is -2.33. The summed E-state index contributed by atoms with van der Waals surface area (Å²) in [4.78, 5) is 12.5. The maximum Gasteiger partial charge on any atom is 0.223 e. The summed E-state index contributed by atoms with van der Waals surface area (Å²) >= 11 is 12.0. The molecule has 0 saturated heterocycles. The molecular weight excluding hydrogens is 293 g/mol. The highest BCUT2D eigenvalue weighted by Gasteiger charge is 2.32. The van der Waals surface area contributed by atoms with Crippen molar-refractivity contribution in [3.05, 3.63) is 35.4 Å². The van der Waals surface area contributed by atoms with E-state index in [2.05, 4.69) is 23.5 Å². The van der Waals surface area contributed by atoms with E-state index in [0.29, 0.717) is 11.8 Å². The standard InChI is InChI=1S/C16H21Cl2NO/c1-2-16(10-17,11-18)19-15(20)14-8-7-12-5-3-4-6-13(12)9-14/h3-6,14H,2,7-11H2,1H3,(H,19,20). The van der Waals surface area contributed by atoms with Gasteiger partial charge in [-0.15, -0.1) is 23.2 Å². The van der Waals surface area contributed by atoms with Gasteiger partial charge in [0.05, 0.1) is 5.54 Å². The van der Waals surface area contributed by atoms with Gasteiger partial charge in [-0.3, -0.25) is 4.79 Å². The first-order valence-corrected chi connectivity index (χ1v) is 8.22. The van der Waals surface area contributed by atoms with Crippen molar-refractivity contribution in [1.29, 1.82) is 0 Å². The lowest BCUT2D eigenvalue weighted by Crippen LogP contribution is -2.53. The molecule has 0 bridgehead atoms. The smallest absolute Gasteiger partial charge is 0.223 e. The highest BCUT2D eigenvalue weighted by molar-refractivity contribution is 6.22. The molecule has 0 aromatic heterocycles. The van der Waals surface area contributed by atoms with Crippen LogP contribution >= 0.6 is 23.2 Å². The highest BCUT2D eigenvalue weighted by atomic mass is 35.5. The molecule has 1 aromatic rings. The van der Waals surface area contributed by atoms with E-state index in [0.717, 1.165) is 25.7 Å². The van der Waals surface area contributed by atoms with Crippen LogP contribution in [0.15, 0.2) is 24.3 Å². The highest BCUT2D eigenvalue weighted by Crippen LogP contribution is 2.26. The molecule has 0 radical (unpaired) electrons. The van der Waals surface area contributed by atoms with Crippen LogP contribution in [0.1, 0.15) is 30.9 Å². The summed E-state index contributed by atoms with van der Waals surface area (Å²) < 4.78 is 0. The number of rotatable bonds is 5. The molecule has 20 heavy (non-hydrogen) atoms. The molecule has 1 aromatic carbocycles. The van der Waals surface area contributed by atoms with Crippen LogP contribution in [0, 0.1) is 5.92 Å². The molecule has 1 aliphatic carbocycles. The average molecular weight is 314 g/mol. The van der Waals surface area contributed by atoms with Gasteiger partial charge in [-0.2, -0.15) is 0 Å². The zero-order valence-corrected chi connectivity index (χ0v) is 13.3. The number of carbonyl (C=O) groups is 1. The number of carbonyl (C=O) groups excluding carboxylic acids is 1. The Hall–Kier alpha value is -0.730. The van der Waals surface area contributed by atoms with E-state index < -0.39 is 5.54 Å². The molecule has 1 atom stereocenters. The van der Waals surface area contributed by atoms with E-state index in [4.69, 9.17) is 23.2 Å². The number of benzene rings is 1. The Morgan fingerprint density at radius 3 is 2.55 bits per heavy atom. The molecule has 0 aliphatic heterocycles. The average Bonchev–Trinajstić information content (AvgIpc) is 2.52. The topological polar surface area (TPSA) is 29.1 Å². The second kappa shape index (κ2) is 6.82. The summed E-state index contributed by atoms with van der Waals surface area (Å²) in [5.74, 6) is 0.814. The third-order valence-electron chi connectivity index (χ3n) is 4.29. The maximum absolute atomic E-state index is 12.5. The number of hydrogen-bond acceptors (Lipinski definition) is 1. The monoisotopic (exact) mass is 313 g/mol. The van der Waals surface area contributed by atoms with Crippen LogP contribution in [0.3, 0.4) is 0 Å². The Morgan fingerprint density at radius 1 is 1.30 bits per heavy atom. The van der Waals surface area contributed by atoms with Crippen molar-refractivity contribution in [2.75, 3.05) is 11.8 Å². The number of hydrogen-bond donors (Lipinski definition) is 1. The Bertz CT molecular complexity index is 463. The summed E-state index contributed by atoms with van der Waals surface area (Å²) in [5, 5.41) is 3.08. The normalized spacial score (nSPS) is 18.4. The SMILES string of the molecule is CCC(CCl)(CCl)NC(=O)C1CCc2ccccc2C1. The van der Waals surface area contributed by atoms with Crippen molar-refractivity contribution >= 4 is 29.1 Å². The fourth-order valence-corrected chi connectivity index (χ4v) is 3.46. The molecule has 2 rings (SSSR count). The summed E-state index contributed by atoms with van der Waals surface area (Å²) in [6.07, 6.45) is 3.42. The lowest BCUT2D eigenvalue weighted by molar-refractivity contribution is -0.126. The molecule has 1 N–H and O–H groups in total. The van der Waals surface area contributed by atoms with Crippen LogP contribution in [0.2, 0.25) is 0 Å². The molecule has 0 fully saturated rings. The Morgan fingerprint density at radius 2 is 1.95 bits per heavy atom. The van der Waals surface area contributed by atoms with Gasteiger partial charge in [0.2, 0.25) is 5.91 Å². The molecule has 0 saturated carbocycles. The second-order valence-electron chi connectivity index (χ2n) is 5.60. The van der Waals surface area contributed by atoms with Crippen molar-refractivity contribution in [3.8, 4) is 0 Å². The fraction of sp³-hybridized carbons (Fsp3) is 0.562. The summed E-state index contributed by atoms with van der Waals surface area (Å²) in [6.45, 7) is 2.00. The van der Waals surface area contributed by atoms with Crippen molar-refractivity contribution in [2.24, 2.45) is 5.92 Å². The van der Waals surface area contributed by atoms with Crippen LogP contribution in [0.25, 0.3) is 0 Å². The first-order chi connectivity index (χ1) is 9.64. The molecule has 1 amide bonds. The van der Waals surface area contributed by atoms with E-state index in [1.165, 1.54) is 11.1 Å². The number of nitrogens with one attached hydrogen (secondary N) is 1. The van der Waals surface area contributed by atoms with Crippen LogP contribution in [0.5, 0.6) is 0 Å². The van der Waals surface area contributed by atoms with E-state index in [-0.39, 0.29) is 11.8 Å². The molecule has 0 heterocycles. The molecule has 1 unspecified atom stereocenters. The largest absolute Gasteiger partial charge is 0.348 e. The summed E-state index contributed by atoms with van der Waals surface area (Å²) in [7, 11) is 0. The van der Waals surface area contributed by atoms with Crippen LogP contribution in [0.4, 0.5) is 0 Å². The Kier molecular flexibility index (Phi) is 5.34. The van der Waals surface area contributed by atoms with Crippen molar-refractivity contribution in [2.45, 2.75) is 38.1 Å². The number of halogens is 2. The van der Waals surface area contributed by atoms with Gasteiger partial charge in [0.15, 0.2) is 0 Å². The van der Waals surface area contributed by atoms with Crippen molar-refractivity contribution in [3.63, 3.8) is 0 Å². The van der Waals surface area contributed by atoms with Crippen LogP contribution in [-0.4, -0.2) is 23.2 Å². The molecule has 110 valence electrons. The van der Waals surface area contributed by atoms with Crippen molar-refractivity contribution in [1.82, 2.24) is 5.32 Å². The van der Waals surface area contributed by atoms with Gasteiger partial charge in [-0.25, -0.2) is 0 Å². The Labute approximate surface area is 130 Å². The first kappa shape index (κ1) is 15.7. The molecule has 1 aliphatic rings. The van der Waals surface area contributed by atoms with Crippen molar-refractivity contribution < 1.29 is 4.79 Å². The predicted octanol–water partition coefficient (Wildman–Crippen LogP) is 3.53. The predicted molar refractivity (Wildman–Crippen MR) is 84.6 cm³/mol. The minimum atomic E-state index is -0.475. The van der Waals surface area contributed by atoms with E-state index in [9.17, 15) is 4.79 Å². The third kappa shape index (κ3) is 3.29. The molecule has 2 nitrogen and oxygen atoms in total. The van der Waals surface area contributed by atoms with Gasteiger partial charge in [0, 0.05) is 17.7 Å².